The van der Waals surface area contributed by atoms with Crippen molar-refractivity contribution in [1.29, 1.82) is 0 Å². The van der Waals surface area contributed by atoms with Crippen LogP contribution in [0.25, 0.3) is 0 Å². The van der Waals surface area contributed by atoms with Crippen LogP contribution >= 0.6 is 0 Å². The van der Waals surface area contributed by atoms with Gasteiger partial charge in [-0.05, 0) is 42.3 Å². The van der Waals surface area contributed by atoms with Gasteiger partial charge >= 0.3 is 0 Å². The highest BCUT2D eigenvalue weighted by atomic mass is 32.2. The van der Waals surface area contributed by atoms with E-state index in [-0.39, 0.29) is 0 Å². The zero-order valence-corrected chi connectivity index (χ0v) is 11.7. The van der Waals surface area contributed by atoms with Crippen LogP contribution in [-0.4, -0.2) is 15.0 Å². The maximum Gasteiger partial charge on any atom is 0.264 e. The molecule has 21 heavy (non-hydrogen) atoms. The van der Waals surface area contributed by atoms with Crippen LogP contribution in [0.15, 0.2) is 41.3 Å². The summed E-state index contributed by atoms with van der Waals surface area (Å²) in [5.74, 6) is -1.94. The quantitative estimate of drug-likeness (QED) is 0.916. The monoisotopic (exact) mass is 310 g/mol. The third-order valence-corrected chi connectivity index (χ3v) is 4.67. The number of nitrogens with one attached hydrogen (secondary N) is 2. The fourth-order valence-electron chi connectivity index (χ4n) is 2.27. The average Bonchev–Trinajstić information content (AvgIpc) is 2.85. The molecule has 1 heterocycles. The maximum absolute atomic E-state index is 13.6. The van der Waals surface area contributed by atoms with Gasteiger partial charge in [-0.15, -0.1) is 0 Å². The Bertz CT molecular complexity index is 807. The molecular weight excluding hydrogens is 298 g/mol. The summed E-state index contributed by atoms with van der Waals surface area (Å²) in [7, 11) is -4.09. The smallest absolute Gasteiger partial charge is 0.264 e. The fourth-order valence-corrected chi connectivity index (χ4v) is 3.38. The van der Waals surface area contributed by atoms with Gasteiger partial charge in [0.05, 0.1) is 0 Å². The second-order valence-electron chi connectivity index (χ2n) is 4.73. The van der Waals surface area contributed by atoms with E-state index in [4.69, 9.17) is 0 Å². The maximum atomic E-state index is 13.6. The topological polar surface area (TPSA) is 58.2 Å². The minimum Gasteiger partial charge on any atom is -0.384 e. The number of rotatable bonds is 3. The van der Waals surface area contributed by atoms with Crippen molar-refractivity contribution in [1.82, 2.24) is 0 Å². The second-order valence-corrected chi connectivity index (χ2v) is 6.38. The van der Waals surface area contributed by atoms with Crippen LogP contribution in [0.3, 0.4) is 0 Å². The lowest BCUT2D eigenvalue weighted by molar-refractivity contribution is 0.551. The van der Waals surface area contributed by atoms with Gasteiger partial charge in [0.15, 0.2) is 0 Å². The average molecular weight is 310 g/mol. The highest BCUT2D eigenvalue weighted by molar-refractivity contribution is 7.92. The minimum atomic E-state index is -4.09. The molecule has 1 aliphatic rings. The molecule has 0 unspecified atom stereocenters. The number of fused-ring (bicyclic) bond motifs is 1. The van der Waals surface area contributed by atoms with Crippen LogP contribution in [0.4, 0.5) is 20.2 Å². The molecule has 2 N–H and O–H groups in total. The summed E-state index contributed by atoms with van der Waals surface area (Å²) in [5.41, 5.74) is 2.31. The number of sulfonamides is 1. The van der Waals surface area contributed by atoms with Gasteiger partial charge < -0.3 is 5.32 Å². The van der Waals surface area contributed by atoms with Crippen molar-refractivity contribution in [3.8, 4) is 0 Å². The van der Waals surface area contributed by atoms with Gasteiger partial charge in [0.25, 0.3) is 10.0 Å². The van der Waals surface area contributed by atoms with Crippen LogP contribution in [0.2, 0.25) is 0 Å². The zero-order chi connectivity index (χ0) is 15.0. The van der Waals surface area contributed by atoms with Crippen molar-refractivity contribution in [2.75, 3.05) is 16.6 Å². The van der Waals surface area contributed by atoms with Gasteiger partial charge in [0.2, 0.25) is 0 Å². The number of anilines is 2. The molecule has 0 spiro atoms. The highest BCUT2D eigenvalue weighted by Crippen LogP contribution is 2.27. The first-order chi connectivity index (χ1) is 9.95. The molecule has 0 fully saturated rings. The van der Waals surface area contributed by atoms with Crippen LogP contribution < -0.4 is 10.0 Å². The standard InChI is InChI=1S/C14H12F2N2O2S/c15-10-1-4-14(12(16)8-10)21(19,20)18-11-2-3-13-9(7-11)5-6-17-13/h1-4,7-8,17-18H,5-6H2. The Morgan fingerprint density at radius 1 is 1.10 bits per heavy atom. The van der Waals surface area contributed by atoms with E-state index in [1.165, 1.54) is 0 Å². The van der Waals surface area contributed by atoms with Gasteiger partial charge in [0, 0.05) is 24.0 Å². The van der Waals surface area contributed by atoms with Gasteiger partial charge in [-0.3, -0.25) is 4.72 Å². The summed E-state index contributed by atoms with van der Waals surface area (Å²) in [5, 5.41) is 3.16. The lowest BCUT2D eigenvalue weighted by atomic mass is 10.1. The molecular formula is C14H12F2N2O2S. The number of halogens is 2. The molecule has 110 valence electrons. The van der Waals surface area contributed by atoms with Gasteiger partial charge in [0.1, 0.15) is 16.5 Å². The van der Waals surface area contributed by atoms with E-state index in [0.29, 0.717) is 11.8 Å². The molecule has 0 saturated heterocycles. The van der Waals surface area contributed by atoms with Gasteiger partial charge in [-0.2, -0.15) is 0 Å². The van der Waals surface area contributed by atoms with Gasteiger partial charge in [-0.1, -0.05) is 0 Å². The van der Waals surface area contributed by atoms with Gasteiger partial charge in [-0.25, -0.2) is 17.2 Å². The normalized spacial score (nSPS) is 13.6. The Hall–Kier alpha value is -2.15. The molecule has 0 aliphatic carbocycles. The Balaban J connectivity index is 1.92. The van der Waals surface area contributed by atoms with E-state index in [9.17, 15) is 17.2 Å². The Labute approximate surface area is 120 Å². The van der Waals surface area contributed by atoms with Crippen molar-refractivity contribution in [3.63, 3.8) is 0 Å². The zero-order valence-electron chi connectivity index (χ0n) is 10.9. The molecule has 0 amide bonds. The van der Waals surface area contributed by atoms with E-state index in [1.807, 2.05) is 0 Å². The molecule has 2 aromatic rings. The molecule has 0 atom stereocenters. The van der Waals surface area contributed by atoms with E-state index in [1.54, 1.807) is 18.2 Å². The molecule has 2 aromatic carbocycles. The van der Waals surface area contributed by atoms with Crippen LogP contribution in [0.5, 0.6) is 0 Å². The minimum absolute atomic E-state index is 0.348. The summed E-state index contributed by atoms with van der Waals surface area (Å²) < 4.78 is 53.0. The molecule has 0 aromatic heterocycles. The van der Waals surface area contributed by atoms with Crippen molar-refractivity contribution in [2.24, 2.45) is 0 Å². The first-order valence-electron chi connectivity index (χ1n) is 6.30. The summed E-state index contributed by atoms with van der Waals surface area (Å²) in [6, 6.07) is 7.42. The highest BCUT2D eigenvalue weighted by Gasteiger charge is 2.20. The van der Waals surface area contributed by atoms with E-state index in [0.717, 1.165) is 36.3 Å². The van der Waals surface area contributed by atoms with Crippen molar-refractivity contribution < 1.29 is 17.2 Å². The molecule has 4 nitrogen and oxygen atoms in total. The summed E-state index contributed by atoms with van der Waals surface area (Å²) in [6.45, 7) is 0.804. The van der Waals surface area contributed by atoms with E-state index in [2.05, 4.69) is 10.0 Å². The first-order valence-corrected chi connectivity index (χ1v) is 7.79. The van der Waals surface area contributed by atoms with E-state index >= 15 is 0 Å². The van der Waals surface area contributed by atoms with Crippen molar-refractivity contribution in [2.45, 2.75) is 11.3 Å². The number of hydrogen-bond acceptors (Lipinski definition) is 3. The molecule has 1 aliphatic heterocycles. The molecule has 0 radical (unpaired) electrons. The largest absolute Gasteiger partial charge is 0.384 e. The molecule has 0 saturated carbocycles. The Morgan fingerprint density at radius 2 is 1.90 bits per heavy atom. The summed E-state index contributed by atoms with van der Waals surface area (Å²) in [4.78, 5) is -0.581. The van der Waals surface area contributed by atoms with Crippen LogP contribution in [0.1, 0.15) is 5.56 Å². The molecule has 0 bridgehead atoms. The third-order valence-electron chi connectivity index (χ3n) is 3.25. The Kier molecular flexibility index (Phi) is 3.29. The second kappa shape index (κ2) is 5.00. The van der Waals surface area contributed by atoms with Crippen molar-refractivity contribution in [3.05, 3.63) is 53.6 Å². The van der Waals surface area contributed by atoms with Crippen LogP contribution in [0, 0.1) is 11.6 Å². The lowest BCUT2D eigenvalue weighted by Crippen LogP contribution is -2.14. The predicted octanol–water partition coefficient (Wildman–Crippen LogP) is 2.73. The summed E-state index contributed by atoms with van der Waals surface area (Å²) >= 11 is 0. The molecule has 7 heteroatoms. The first kappa shape index (κ1) is 13.8. The number of benzene rings is 2. The van der Waals surface area contributed by atoms with Crippen LogP contribution in [-0.2, 0) is 16.4 Å². The Morgan fingerprint density at radius 3 is 2.67 bits per heavy atom. The fraction of sp³-hybridized carbons (Fsp3) is 0.143. The third kappa shape index (κ3) is 2.69. The number of hydrogen-bond donors (Lipinski definition) is 2. The van der Waals surface area contributed by atoms with Crippen molar-refractivity contribution >= 4 is 21.4 Å². The summed E-state index contributed by atoms with van der Waals surface area (Å²) in [6.07, 6.45) is 0.801. The van der Waals surface area contributed by atoms with E-state index < -0.39 is 26.6 Å². The predicted molar refractivity (Wildman–Crippen MR) is 75.8 cm³/mol. The SMILES string of the molecule is O=S(=O)(Nc1ccc2c(c1)CCN2)c1ccc(F)cc1F. The molecule has 3 rings (SSSR count). The lowest BCUT2D eigenvalue weighted by Gasteiger charge is -2.10.